The Morgan fingerprint density at radius 1 is 1.25 bits per heavy atom. The molecule has 0 aliphatic carbocycles. The molecule has 0 aromatic heterocycles. The van der Waals surface area contributed by atoms with Gasteiger partial charge in [0, 0.05) is 13.5 Å². The van der Waals surface area contributed by atoms with Gasteiger partial charge >= 0.3 is 0 Å². The van der Waals surface area contributed by atoms with Crippen molar-refractivity contribution in [2.75, 3.05) is 38.3 Å². The number of carbonyl (C=O) groups is 1. The van der Waals surface area contributed by atoms with Crippen LogP contribution >= 0.6 is 0 Å². The van der Waals surface area contributed by atoms with E-state index in [2.05, 4.69) is 0 Å². The van der Waals surface area contributed by atoms with Crippen LogP contribution in [0.5, 0.6) is 11.5 Å². The highest BCUT2D eigenvalue weighted by Gasteiger charge is 2.30. The second kappa shape index (κ2) is 8.37. The Bertz CT molecular complexity index is 659. The minimum absolute atomic E-state index is 0.0428. The third-order valence-corrected chi connectivity index (χ3v) is 5.89. The van der Waals surface area contributed by atoms with Crippen molar-refractivity contribution < 1.29 is 22.7 Å². The van der Waals surface area contributed by atoms with Crippen LogP contribution in [0.3, 0.4) is 0 Å². The van der Waals surface area contributed by atoms with Crippen molar-refractivity contribution in [3.8, 4) is 11.5 Å². The molecule has 1 saturated heterocycles. The summed E-state index contributed by atoms with van der Waals surface area (Å²) in [7, 11) is -1.23. The van der Waals surface area contributed by atoms with E-state index in [4.69, 9.17) is 9.47 Å². The van der Waals surface area contributed by atoms with Crippen LogP contribution in [0.15, 0.2) is 24.3 Å². The maximum atomic E-state index is 12.2. The fraction of sp³-hybridized carbons (Fsp3) is 0.588. The van der Waals surface area contributed by atoms with Crippen molar-refractivity contribution in [2.45, 2.75) is 19.8 Å². The molecular weight excluding hydrogens is 330 g/mol. The molecule has 2 rings (SSSR count). The molecule has 0 spiro atoms. The maximum Gasteiger partial charge on any atom is 0.222 e. The van der Waals surface area contributed by atoms with Crippen LogP contribution in [0, 0.1) is 5.92 Å². The van der Waals surface area contributed by atoms with Crippen LogP contribution < -0.4 is 9.47 Å². The molecule has 134 valence electrons. The third kappa shape index (κ3) is 5.40. The topological polar surface area (TPSA) is 72.9 Å². The van der Waals surface area contributed by atoms with Gasteiger partial charge in [-0.3, -0.25) is 4.79 Å². The molecule has 0 radical (unpaired) electrons. The molecule has 0 N–H and O–H groups in total. The molecule has 1 aromatic carbocycles. The van der Waals surface area contributed by atoms with Crippen LogP contribution in [-0.4, -0.2) is 57.5 Å². The molecule has 1 aliphatic heterocycles. The molecule has 24 heavy (non-hydrogen) atoms. The van der Waals surface area contributed by atoms with Gasteiger partial charge in [-0.05, 0) is 31.4 Å². The highest BCUT2D eigenvalue weighted by molar-refractivity contribution is 7.91. The normalized spacial score (nSPS) is 19.0. The highest BCUT2D eigenvalue weighted by atomic mass is 32.2. The SMILES string of the molecule is CCOc1ccccc1OCCN(C)C(=O)CC1CCS(=O)(=O)C1. The van der Waals surface area contributed by atoms with Crippen molar-refractivity contribution in [2.24, 2.45) is 5.92 Å². The van der Waals surface area contributed by atoms with E-state index in [9.17, 15) is 13.2 Å². The third-order valence-electron chi connectivity index (χ3n) is 4.05. The van der Waals surface area contributed by atoms with E-state index in [1.165, 1.54) is 0 Å². The molecular formula is C17H25NO5S. The average molecular weight is 355 g/mol. The predicted molar refractivity (Wildman–Crippen MR) is 92.1 cm³/mol. The van der Waals surface area contributed by atoms with Gasteiger partial charge in [0.2, 0.25) is 5.91 Å². The Balaban J connectivity index is 1.77. The number of rotatable bonds is 8. The Labute approximate surface area is 143 Å². The summed E-state index contributed by atoms with van der Waals surface area (Å²) in [5.74, 6) is 1.58. The lowest BCUT2D eigenvalue weighted by atomic mass is 10.0. The number of benzene rings is 1. The van der Waals surface area contributed by atoms with E-state index in [0.717, 1.165) is 0 Å². The monoisotopic (exact) mass is 355 g/mol. The number of sulfone groups is 1. The fourth-order valence-electron chi connectivity index (χ4n) is 2.70. The zero-order valence-corrected chi connectivity index (χ0v) is 15.0. The molecule has 1 aliphatic rings. The summed E-state index contributed by atoms with van der Waals surface area (Å²) in [6.07, 6.45) is 0.866. The predicted octanol–water partition coefficient (Wildman–Crippen LogP) is 1.75. The van der Waals surface area contributed by atoms with Crippen molar-refractivity contribution in [3.05, 3.63) is 24.3 Å². The summed E-state index contributed by atoms with van der Waals surface area (Å²) in [4.78, 5) is 13.8. The summed E-state index contributed by atoms with van der Waals surface area (Å²) >= 11 is 0. The lowest BCUT2D eigenvalue weighted by Crippen LogP contribution is -2.32. The molecule has 1 heterocycles. The quantitative estimate of drug-likeness (QED) is 0.710. The molecule has 1 atom stereocenters. The first kappa shape index (κ1) is 18.6. The molecule has 1 fully saturated rings. The summed E-state index contributed by atoms with van der Waals surface area (Å²) in [5, 5.41) is 0. The van der Waals surface area contributed by atoms with Crippen molar-refractivity contribution in [1.82, 2.24) is 4.90 Å². The van der Waals surface area contributed by atoms with Gasteiger partial charge in [-0.25, -0.2) is 8.42 Å². The first-order valence-electron chi connectivity index (χ1n) is 8.20. The minimum Gasteiger partial charge on any atom is -0.490 e. The molecule has 1 amide bonds. The van der Waals surface area contributed by atoms with Gasteiger partial charge in [0.05, 0.1) is 24.7 Å². The number of para-hydroxylation sites is 2. The van der Waals surface area contributed by atoms with E-state index >= 15 is 0 Å². The van der Waals surface area contributed by atoms with Gasteiger partial charge in [0.25, 0.3) is 0 Å². The maximum absolute atomic E-state index is 12.2. The first-order chi connectivity index (χ1) is 11.4. The van der Waals surface area contributed by atoms with Crippen LogP contribution in [0.25, 0.3) is 0 Å². The largest absolute Gasteiger partial charge is 0.490 e. The van der Waals surface area contributed by atoms with Crippen molar-refractivity contribution >= 4 is 15.7 Å². The Hall–Kier alpha value is -1.76. The van der Waals surface area contributed by atoms with E-state index in [1.54, 1.807) is 11.9 Å². The van der Waals surface area contributed by atoms with Crippen LogP contribution in [-0.2, 0) is 14.6 Å². The summed E-state index contributed by atoms with van der Waals surface area (Å²) in [6.45, 7) is 3.27. The minimum atomic E-state index is -2.94. The lowest BCUT2D eigenvalue weighted by Gasteiger charge is -2.19. The Morgan fingerprint density at radius 2 is 1.92 bits per heavy atom. The first-order valence-corrected chi connectivity index (χ1v) is 10.0. The fourth-order valence-corrected chi connectivity index (χ4v) is 4.56. The molecule has 7 heteroatoms. The number of hydrogen-bond donors (Lipinski definition) is 0. The number of likely N-dealkylation sites (N-methyl/N-ethyl adjacent to an activating group) is 1. The van der Waals surface area contributed by atoms with Crippen molar-refractivity contribution in [1.29, 1.82) is 0 Å². The molecule has 1 aromatic rings. The Morgan fingerprint density at radius 3 is 2.50 bits per heavy atom. The van der Waals surface area contributed by atoms with Gasteiger partial charge in [-0.1, -0.05) is 12.1 Å². The van der Waals surface area contributed by atoms with Crippen LogP contribution in [0.2, 0.25) is 0 Å². The smallest absolute Gasteiger partial charge is 0.222 e. The van der Waals surface area contributed by atoms with Gasteiger partial charge in [-0.2, -0.15) is 0 Å². The number of ether oxygens (including phenoxy) is 2. The molecule has 0 bridgehead atoms. The van der Waals surface area contributed by atoms with Crippen molar-refractivity contribution in [3.63, 3.8) is 0 Å². The van der Waals surface area contributed by atoms with E-state index in [-0.39, 0.29) is 29.8 Å². The zero-order valence-electron chi connectivity index (χ0n) is 14.2. The summed E-state index contributed by atoms with van der Waals surface area (Å²) in [6, 6.07) is 7.42. The number of amides is 1. The summed E-state index contributed by atoms with van der Waals surface area (Å²) < 4.78 is 34.1. The van der Waals surface area contributed by atoms with E-state index in [1.807, 2.05) is 31.2 Å². The Kier molecular flexibility index (Phi) is 6.48. The zero-order chi connectivity index (χ0) is 17.6. The molecule has 1 unspecified atom stereocenters. The number of carbonyl (C=O) groups excluding carboxylic acids is 1. The lowest BCUT2D eigenvalue weighted by molar-refractivity contribution is -0.131. The number of hydrogen-bond acceptors (Lipinski definition) is 5. The van der Waals surface area contributed by atoms with Gasteiger partial charge < -0.3 is 14.4 Å². The average Bonchev–Trinajstić information content (AvgIpc) is 2.88. The summed E-state index contributed by atoms with van der Waals surface area (Å²) in [5.41, 5.74) is 0. The van der Waals surface area contributed by atoms with Gasteiger partial charge in [-0.15, -0.1) is 0 Å². The van der Waals surface area contributed by atoms with Gasteiger partial charge in [0.15, 0.2) is 21.3 Å². The van der Waals surface area contributed by atoms with Gasteiger partial charge in [0.1, 0.15) is 6.61 Å². The van der Waals surface area contributed by atoms with Crippen LogP contribution in [0.1, 0.15) is 19.8 Å². The standard InChI is InChI=1S/C17H25NO5S/c1-3-22-15-6-4-5-7-16(15)23-10-9-18(2)17(19)12-14-8-11-24(20,21)13-14/h4-7,14H,3,8-13H2,1-2H3. The molecule has 0 saturated carbocycles. The number of nitrogens with zero attached hydrogens (tertiary/aromatic N) is 1. The van der Waals surface area contributed by atoms with Crippen LogP contribution in [0.4, 0.5) is 0 Å². The van der Waals surface area contributed by atoms with E-state index in [0.29, 0.717) is 37.7 Å². The second-order valence-corrected chi connectivity index (χ2v) is 8.25. The molecule has 6 nitrogen and oxygen atoms in total. The highest BCUT2D eigenvalue weighted by Crippen LogP contribution is 2.26. The second-order valence-electron chi connectivity index (χ2n) is 6.02. The van der Waals surface area contributed by atoms with E-state index < -0.39 is 9.84 Å².